The molecule has 0 spiro atoms. The van der Waals surface area contributed by atoms with E-state index in [2.05, 4.69) is 20.5 Å². The van der Waals surface area contributed by atoms with Crippen LogP contribution in [0.1, 0.15) is 12.5 Å². The molecule has 3 aromatic rings. The molecule has 3 rings (SSSR count). The highest BCUT2D eigenvalue weighted by Crippen LogP contribution is 2.21. The molecule has 114 valence electrons. The van der Waals surface area contributed by atoms with Gasteiger partial charge in [0, 0.05) is 12.4 Å². The molecule has 23 heavy (non-hydrogen) atoms. The largest absolute Gasteiger partial charge is 0.457 e. The predicted octanol–water partition coefficient (Wildman–Crippen LogP) is 4.11. The van der Waals surface area contributed by atoms with Crippen LogP contribution in [0.3, 0.4) is 0 Å². The minimum atomic E-state index is 0.468. The van der Waals surface area contributed by atoms with E-state index in [0.717, 1.165) is 22.8 Å². The standard InChI is InChI=1S/C18H16N4O/c1-14(21-22-18-19-12-5-13-20-18)15-8-10-17(11-9-15)23-16-6-3-2-4-7-16/h2-13H,1H3,(H,19,20,22). The van der Waals surface area contributed by atoms with Gasteiger partial charge in [0.15, 0.2) is 0 Å². The summed E-state index contributed by atoms with van der Waals surface area (Å²) < 4.78 is 5.77. The van der Waals surface area contributed by atoms with Crippen molar-refractivity contribution in [2.45, 2.75) is 6.92 Å². The number of nitrogens with zero attached hydrogens (tertiary/aromatic N) is 3. The molecule has 0 atom stereocenters. The van der Waals surface area contributed by atoms with Gasteiger partial charge in [-0.1, -0.05) is 18.2 Å². The lowest BCUT2D eigenvalue weighted by molar-refractivity contribution is 0.482. The van der Waals surface area contributed by atoms with Crippen molar-refractivity contribution in [3.8, 4) is 11.5 Å². The minimum absolute atomic E-state index is 0.468. The highest BCUT2D eigenvalue weighted by Gasteiger charge is 2.01. The van der Waals surface area contributed by atoms with Gasteiger partial charge in [0.05, 0.1) is 5.71 Å². The molecule has 0 radical (unpaired) electrons. The van der Waals surface area contributed by atoms with Crippen LogP contribution in [-0.2, 0) is 0 Å². The summed E-state index contributed by atoms with van der Waals surface area (Å²) in [5.74, 6) is 2.07. The Hall–Kier alpha value is -3.21. The number of benzene rings is 2. The van der Waals surface area contributed by atoms with Crippen molar-refractivity contribution in [1.82, 2.24) is 9.97 Å². The van der Waals surface area contributed by atoms with Gasteiger partial charge < -0.3 is 4.74 Å². The van der Waals surface area contributed by atoms with Gasteiger partial charge in [0.1, 0.15) is 11.5 Å². The Morgan fingerprint density at radius 1 is 0.870 bits per heavy atom. The summed E-state index contributed by atoms with van der Waals surface area (Å²) in [5.41, 5.74) is 4.66. The number of hydrogen-bond acceptors (Lipinski definition) is 5. The van der Waals surface area contributed by atoms with Gasteiger partial charge >= 0.3 is 0 Å². The second kappa shape index (κ2) is 7.17. The highest BCUT2D eigenvalue weighted by molar-refractivity contribution is 5.99. The third-order valence-electron chi connectivity index (χ3n) is 3.14. The maximum atomic E-state index is 5.77. The van der Waals surface area contributed by atoms with Gasteiger partial charge in [-0.25, -0.2) is 15.4 Å². The zero-order valence-corrected chi connectivity index (χ0v) is 12.7. The van der Waals surface area contributed by atoms with E-state index in [9.17, 15) is 0 Å². The summed E-state index contributed by atoms with van der Waals surface area (Å²) in [6.45, 7) is 1.92. The van der Waals surface area contributed by atoms with E-state index in [-0.39, 0.29) is 0 Å². The first-order chi connectivity index (χ1) is 11.3. The maximum absolute atomic E-state index is 5.77. The fraction of sp³-hybridized carbons (Fsp3) is 0.0556. The van der Waals surface area contributed by atoms with Crippen molar-refractivity contribution in [2.75, 3.05) is 5.43 Å². The lowest BCUT2D eigenvalue weighted by Crippen LogP contribution is -2.01. The van der Waals surface area contributed by atoms with E-state index in [1.165, 1.54) is 0 Å². The molecule has 0 fully saturated rings. The maximum Gasteiger partial charge on any atom is 0.243 e. The molecule has 0 saturated heterocycles. The molecule has 5 nitrogen and oxygen atoms in total. The fourth-order valence-electron chi connectivity index (χ4n) is 1.94. The predicted molar refractivity (Wildman–Crippen MR) is 90.8 cm³/mol. The molecule has 5 heteroatoms. The molecule has 0 amide bonds. The summed E-state index contributed by atoms with van der Waals surface area (Å²) in [4.78, 5) is 8.11. The minimum Gasteiger partial charge on any atom is -0.457 e. The van der Waals surface area contributed by atoms with E-state index in [1.54, 1.807) is 18.5 Å². The number of ether oxygens (including phenoxy) is 1. The third kappa shape index (κ3) is 4.14. The molecule has 1 heterocycles. The second-order valence-corrected chi connectivity index (χ2v) is 4.82. The zero-order valence-electron chi connectivity index (χ0n) is 12.7. The first kappa shape index (κ1) is 14.7. The molecule has 0 saturated carbocycles. The molecule has 0 bridgehead atoms. The lowest BCUT2D eigenvalue weighted by atomic mass is 10.1. The van der Waals surface area contributed by atoms with Gasteiger partial charge in [0.2, 0.25) is 5.95 Å². The number of nitrogens with one attached hydrogen (secondary N) is 1. The van der Waals surface area contributed by atoms with Crippen LogP contribution in [0, 0.1) is 0 Å². The average Bonchev–Trinajstić information content (AvgIpc) is 2.62. The van der Waals surface area contributed by atoms with Crippen LogP contribution >= 0.6 is 0 Å². The molecule has 0 aliphatic rings. The number of para-hydroxylation sites is 1. The van der Waals surface area contributed by atoms with Crippen molar-refractivity contribution >= 4 is 11.7 Å². The summed E-state index contributed by atoms with van der Waals surface area (Å²) in [5, 5.41) is 4.28. The molecular weight excluding hydrogens is 288 g/mol. The third-order valence-corrected chi connectivity index (χ3v) is 3.14. The number of rotatable bonds is 5. The topological polar surface area (TPSA) is 59.4 Å². The Balaban J connectivity index is 1.66. The molecule has 1 N–H and O–H groups in total. The molecule has 0 aliphatic heterocycles. The molecular formula is C18H16N4O. The number of hydrogen-bond donors (Lipinski definition) is 1. The van der Waals surface area contributed by atoms with Crippen LogP contribution in [0.15, 0.2) is 78.2 Å². The van der Waals surface area contributed by atoms with Gasteiger partial charge in [-0.2, -0.15) is 5.10 Å². The normalized spacial score (nSPS) is 11.1. The van der Waals surface area contributed by atoms with Crippen molar-refractivity contribution in [2.24, 2.45) is 5.10 Å². The van der Waals surface area contributed by atoms with Crippen LogP contribution < -0.4 is 10.2 Å². The Kier molecular flexibility index (Phi) is 4.59. The van der Waals surface area contributed by atoms with Crippen LogP contribution in [0.2, 0.25) is 0 Å². The number of hydrazone groups is 1. The van der Waals surface area contributed by atoms with Crippen molar-refractivity contribution in [3.63, 3.8) is 0 Å². The van der Waals surface area contributed by atoms with Crippen molar-refractivity contribution < 1.29 is 4.74 Å². The van der Waals surface area contributed by atoms with Crippen LogP contribution in [0.4, 0.5) is 5.95 Å². The highest BCUT2D eigenvalue weighted by atomic mass is 16.5. The van der Waals surface area contributed by atoms with Crippen molar-refractivity contribution in [3.05, 3.63) is 78.6 Å². The Morgan fingerprint density at radius 2 is 1.52 bits per heavy atom. The first-order valence-electron chi connectivity index (χ1n) is 7.22. The van der Waals surface area contributed by atoms with Gasteiger partial charge in [0.25, 0.3) is 0 Å². The molecule has 1 aromatic heterocycles. The molecule has 0 unspecified atom stereocenters. The number of aromatic nitrogens is 2. The van der Waals surface area contributed by atoms with E-state index >= 15 is 0 Å². The van der Waals surface area contributed by atoms with E-state index < -0.39 is 0 Å². The quantitative estimate of drug-likeness (QED) is 0.569. The smallest absolute Gasteiger partial charge is 0.243 e. The van der Waals surface area contributed by atoms with Crippen molar-refractivity contribution in [1.29, 1.82) is 0 Å². The second-order valence-electron chi connectivity index (χ2n) is 4.82. The van der Waals surface area contributed by atoms with Crippen LogP contribution in [0.25, 0.3) is 0 Å². The van der Waals surface area contributed by atoms with Gasteiger partial charge in [-0.05, 0) is 55.0 Å². The van der Waals surface area contributed by atoms with Crippen LogP contribution in [-0.4, -0.2) is 15.7 Å². The summed E-state index contributed by atoms with van der Waals surface area (Å²) >= 11 is 0. The lowest BCUT2D eigenvalue weighted by Gasteiger charge is -2.07. The average molecular weight is 304 g/mol. The van der Waals surface area contributed by atoms with E-state index in [1.807, 2.05) is 61.5 Å². The summed E-state index contributed by atoms with van der Waals surface area (Å²) in [7, 11) is 0. The Bertz CT molecular complexity index is 771. The zero-order chi connectivity index (χ0) is 15.9. The Morgan fingerprint density at radius 3 is 2.22 bits per heavy atom. The van der Waals surface area contributed by atoms with Gasteiger partial charge in [-0.15, -0.1) is 0 Å². The fourth-order valence-corrected chi connectivity index (χ4v) is 1.94. The SMILES string of the molecule is CC(=NNc1ncccn1)c1ccc(Oc2ccccc2)cc1. The van der Waals surface area contributed by atoms with Gasteiger partial charge in [-0.3, -0.25) is 0 Å². The summed E-state index contributed by atoms with van der Waals surface area (Å²) in [6, 6.07) is 19.2. The number of anilines is 1. The monoisotopic (exact) mass is 304 g/mol. The first-order valence-corrected chi connectivity index (χ1v) is 7.22. The molecule has 2 aromatic carbocycles. The van der Waals surface area contributed by atoms with E-state index in [0.29, 0.717) is 5.95 Å². The Labute approximate surface area is 134 Å². The molecule has 0 aliphatic carbocycles. The van der Waals surface area contributed by atoms with Crippen LogP contribution in [0.5, 0.6) is 11.5 Å². The van der Waals surface area contributed by atoms with E-state index in [4.69, 9.17) is 4.74 Å². The summed E-state index contributed by atoms with van der Waals surface area (Å²) in [6.07, 6.45) is 3.33.